The number of morpholine rings is 1. The van der Waals surface area contributed by atoms with Crippen molar-refractivity contribution in [2.75, 3.05) is 24.6 Å². The molecule has 2 atom stereocenters. The second-order valence-corrected chi connectivity index (χ2v) is 6.90. The first-order valence-corrected chi connectivity index (χ1v) is 8.99. The van der Waals surface area contributed by atoms with E-state index in [4.69, 9.17) is 32.7 Å². The number of aliphatic hydroxyl groups is 1. The minimum absolute atomic E-state index is 0.0402. The van der Waals surface area contributed by atoms with Gasteiger partial charge in [-0.25, -0.2) is 9.97 Å². The summed E-state index contributed by atoms with van der Waals surface area (Å²) in [7, 11) is 0. The number of ether oxygens (including phenoxy) is 2. The number of hydrogen-bond donors (Lipinski definition) is 1. The monoisotopic (exact) mass is 437 g/mol. The van der Waals surface area contributed by atoms with Crippen molar-refractivity contribution in [1.82, 2.24) is 9.97 Å². The molecule has 152 valence electrons. The number of aliphatic hydroxyl groups excluding tert-OH is 1. The SMILES string of the molecule is OC[C@H]1CN(c2ncc(OCc3c(Cl)cccc3Cl)cn2)C[C@H](C(F)(F)F)O1. The summed E-state index contributed by atoms with van der Waals surface area (Å²) in [6.45, 7) is -0.877. The lowest BCUT2D eigenvalue weighted by Gasteiger charge is -2.38. The Morgan fingerprint density at radius 3 is 2.39 bits per heavy atom. The number of benzene rings is 1. The van der Waals surface area contributed by atoms with Crippen LogP contribution >= 0.6 is 23.2 Å². The molecule has 2 heterocycles. The number of alkyl halides is 3. The van der Waals surface area contributed by atoms with E-state index in [-0.39, 0.29) is 19.1 Å². The van der Waals surface area contributed by atoms with Gasteiger partial charge in [-0.05, 0) is 12.1 Å². The Labute approximate surface area is 168 Å². The maximum atomic E-state index is 13.0. The highest BCUT2D eigenvalue weighted by atomic mass is 35.5. The molecule has 1 aliphatic heterocycles. The van der Waals surface area contributed by atoms with Gasteiger partial charge in [-0.3, -0.25) is 0 Å². The summed E-state index contributed by atoms with van der Waals surface area (Å²) < 4.78 is 49.5. The van der Waals surface area contributed by atoms with E-state index in [1.54, 1.807) is 18.2 Å². The van der Waals surface area contributed by atoms with Crippen molar-refractivity contribution in [3.8, 4) is 5.75 Å². The van der Waals surface area contributed by atoms with Crippen LogP contribution in [0.4, 0.5) is 19.1 Å². The minimum atomic E-state index is -4.55. The van der Waals surface area contributed by atoms with Crippen molar-refractivity contribution in [2.45, 2.75) is 25.0 Å². The first-order chi connectivity index (χ1) is 13.3. The molecule has 28 heavy (non-hydrogen) atoms. The zero-order chi connectivity index (χ0) is 20.3. The first kappa shape index (κ1) is 20.9. The van der Waals surface area contributed by atoms with Gasteiger partial charge in [-0.1, -0.05) is 29.3 Å². The number of halogens is 5. The highest BCUT2D eigenvalue weighted by Crippen LogP contribution is 2.29. The predicted octanol–water partition coefficient (Wildman–Crippen LogP) is 3.49. The van der Waals surface area contributed by atoms with Gasteiger partial charge in [-0.15, -0.1) is 0 Å². The predicted molar refractivity (Wildman–Crippen MR) is 96.8 cm³/mol. The maximum absolute atomic E-state index is 13.0. The van der Waals surface area contributed by atoms with Crippen molar-refractivity contribution in [3.63, 3.8) is 0 Å². The largest absolute Gasteiger partial charge is 0.486 e. The Bertz CT molecular complexity index is 788. The molecule has 0 radical (unpaired) electrons. The zero-order valence-corrected chi connectivity index (χ0v) is 15.9. The molecule has 1 saturated heterocycles. The quantitative estimate of drug-likeness (QED) is 0.771. The Balaban J connectivity index is 1.68. The van der Waals surface area contributed by atoms with Crippen LogP contribution in [0.1, 0.15) is 5.56 Å². The Morgan fingerprint density at radius 1 is 1.18 bits per heavy atom. The third kappa shape index (κ3) is 4.96. The molecule has 1 aromatic heterocycles. The van der Waals surface area contributed by atoms with Gasteiger partial charge in [0.25, 0.3) is 0 Å². The summed E-state index contributed by atoms with van der Waals surface area (Å²) in [4.78, 5) is 9.44. The molecule has 2 aromatic rings. The van der Waals surface area contributed by atoms with Gasteiger partial charge in [0.1, 0.15) is 6.61 Å². The minimum Gasteiger partial charge on any atom is -0.486 e. The molecule has 0 unspecified atom stereocenters. The second-order valence-electron chi connectivity index (χ2n) is 6.08. The molecule has 6 nitrogen and oxygen atoms in total. The third-order valence-electron chi connectivity index (χ3n) is 4.08. The van der Waals surface area contributed by atoms with Crippen molar-refractivity contribution >= 4 is 29.2 Å². The van der Waals surface area contributed by atoms with Gasteiger partial charge in [0, 0.05) is 22.2 Å². The van der Waals surface area contributed by atoms with Crippen LogP contribution in [-0.2, 0) is 11.3 Å². The van der Waals surface area contributed by atoms with Crippen molar-refractivity contribution < 1.29 is 27.8 Å². The zero-order valence-electron chi connectivity index (χ0n) is 14.4. The van der Waals surface area contributed by atoms with E-state index in [9.17, 15) is 18.3 Å². The van der Waals surface area contributed by atoms with Crippen LogP contribution in [-0.4, -0.2) is 53.2 Å². The molecule has 3 rings (SSSR count). The van der Waals surface area contributed by atoms with E-state index < -0.39 is 31.5 Å². The fraction of sp³-hybridized carbons (Fsp3) is 0.412. The van der Waals surface area contributed by atoms with E-state index in [1.807, 2.05) is 0 Å². The van der Waals surface area contributed by atoms with Gasteiger partial charge < -0.3 is 19.5 Å². The lowest BCUT2D eigenvalue weighted by Crippen LogP contribution is -2.54. The van der Waals surface area contributed by atoms with E-state index >= 15 is 0 Å². The molecule has 0 bridgehead atoms. The Kier molecular flexibility index (Phi) is 6.49. The van der Waals surface area contributed by atoms with Gasteiger partial charge in [0.05, 0.1) is 31.6 Å². The molecule has 11 heteroatoms. The number of aromatic nitrogens is 2. The molecular weight excluding hydrogens is 422 g/mol. The van der Waals surface area contributed by atoms with Crippen LogP contribution in [0.2, 0.25) is 10.0 Å². The first-order valence-electron chi connectivity index (χ1n) is 8.23. The molecule has 0 amide bonds. The summed E-state index contributed by atoms with van der Waals surface area (Å²) in [6.07, 6.45) is -4.87. The molecule has 1 N–H and O–H groups in total. The molecule has 0 spiro atoms. The normalized spacial score (nSPS) is 20.3. The highest BCUT2D eigenvalue weighted by Gasteiger charge is 2.46. The average molecular weight is 438 g/mol. The maximum Gasteiger partial charge on any atom is 0.416 e. The summed E-state index contributed by atoms with van der Waals surface area (Å²) in [5, 5.41) is 10.1. The number of hydrogen-bond acceptors (Lipinski definition) is 6. The van der Waals surface area contributed by atoms with Gasteiger partial charge in [0.15, 0.2) is 11.9 Å². The molecule has 0 saturated carbocycles. The van der Waals surface area contributed by atoms with Crippen LogP contribution in [0.5, 0.6) is 5.75 Å². The summed E-state index contributed by atoms with van der Waals surface area (Å²) in [6, 6.07) is 5.07. The standard InChI is InChI=1S/C17H16Cl2F3N3O3/c18-13-2-1-3-14(19)12(13)9-27-10-4-23-16(24-5-10)25-6-11(8-26)28-15(7-25)17(20,21)22/h1-5,11,15,26H,6-9H2/t11-,15-/m1/s1. The molecule has 1 aromatic carbocycles. The fourth-order valence-corrected chi connectivity index (χ4v) is 3.16. The number of anilines is 1. The van der Waals surface area contributed by atoms with Gasteiger partial charge >= 0.3 is 6.18 Å². The summed E-state index contributed by atoms with van der Waals surface area (Å²) >= 11 is 12.1. The highest BCUT2D eigenvalue weighted by molar-refractivity contribution is 6.35. The van der Waals surface area contributed by atoms with Gasteiger partial charge in [-0.2, -0.15) is 13.2 Å². The summed E-state index contributed by atoms with van der Waals surface area (Å²) in [5.41, 5.74) is 0.599. The smallest absolute Gasteiger partial charge is 0.416 e. The van der Waals surface area contributed by atoms with Crippen LogP contribution in [0.3, 0.4) is 0 Å². The average Bonchev–Trinajstić information content (AvgIpc) is 2.67. The van der Waals surface area contributed by atoms with Crippen LogP contribution in [0.25, 0.3) is 0 Å². The number of rotatable bonds is 5. The van der Waals surface area contributed by atoms with E-state index in [0.29, 0.717) is 21.4 Å². The van der Waals surface area contributed by atoms with Crippen molar-refractivity contribution in [2.24, 2.45) is 0 Å². The van der Waals surface area contributed by atoms with E-state index in [0.717, 1.165) is 0 Å². The Morgan fingerprint density at radius 2 is 1.82 bits per heavy atom. The Hall–Kier alpha value is -1.81. The van der Waals surface area contributed by atoms with Crippen LogP contribution in [0, 0.1) is 0 Å². The molecule has 1 fully saturated rings. The summed E-state index contributed by atoms with van der Waals surface area (Å²) in [5.74, 6) is 0.387. The molecule has 0 aliphatic carbocycles. The van der Waals surface area contributed by atoms with Crippen molar-refractivity contribution in [1.29, 1.82) is 0 Å². The van der Waals surface area contributed by atoms with Crippen molar-refractivity contribution in [3.05, 3.63) is 46.2 Å². The lowest BCUT2D eigenvalue weighted by molar-refractivity contribution is -0.238. The topological polar surface area (TPSA) is 67.7 Å². The molecule has 1 aliphatic rings. The second kappa shape index (κ2) is 8.69. The fourth-order valence-electron chi connectivity index (χ4n) is 2.66. The van der Waals surface area contributed by atoms with Crippen LogP contribution < -0.4 is 9.64 Å². The van der Waals surface area contributed by atoms with Crippen LogP contribution in [0.15, 0.2) is 30.6 Å². The third-order valence-corrected chi connectivity index (χ3v) is 4.79. The van der Waals surface area contributed by atoms with E-state index in [2.05, 4.69) is 9.97 Å². The molecular formula is C17H16Cl2F3N3O3. The number of nitrogens with zero attached hydrogens (tertiary/aromatic N) is 3. The lowest BCUT2D eigenvalue weighted by atomic mass is 10.2. The van der Waals surface area contributed by atoms with E-state index in [1.165, 1.54) is 17.3 Å². The van der Waals surface area contributed by atoms with Gasteiger partial charge in [0.2, 0.25) is 5.95 Å².